The minimum atomic E-state index is -0.0900. The summed E-state index contributed by atoms with van der Waals surface area (Å²) in [7, 11) is 0. The minimum Gasteiger partial charge on any atom is -0.395 e. The summed E-state index contributed by atoms with van der Waals surface area (Å²) in [5.74, 6) is 0.418. The third kappa shape index (κ3) is 4.52. The van der Waals surface area contributed by atoms with Crippen molar-refractivity contribution < 1.29 is 14.6 Å². The highest BCUT2D eigenvalue weighted by atomic mass is 16.5. The Morgan fingerprint density at radius 1 is 1.43 bits per heavy atom. The lowest BCUT2D eigenvalue weighted by Crippen LogP contribution is -2.50. The Morgan fingerprint density at radius 2 is 2.14 bits per heavy atom. The van der Waals surface area contributed by atoms with Crippen LogP contribution in [0, 0.1) is 0 Å². The molecule has 1 fully saturated rings. The zero-order valence-corrected chi connectivity index (χ0v) is 12.7. The van der Waals surface area contributed by atoms with Gasteiger partial charge in [0.15, 0.2) is 0 Å². The van der Waals surface area contributed by atoms with Crippen LogP contribution in [0.5, 0.6) is 0 Å². The van der Waals surface area contributed by atoms with E-state index >= 15 is 0 Å². The molecule has 1 aromatic rings. The molecule has 1 atom stereocenters. The maximum absolute atomic E-state index is 12.1. The highest BCUT2D eigenvalue weighted by Crippen LogP contribution is 2.17. The molecule has 1 unspecified atom stereocenters. The highest BCUT2D eigenvalue weighted by molar-refractivity contribution is 5.92. The summed E-state index contributed by atoms with van der Waals surface area (Å²) < 4.78 is 5.31. The Kier molecular flexibility index (Phi) is 5.73. The smallest absolute Gasteiger partial charge is 0.238 e. The number of aliphatic hydroxyl groups excluding tert-OH is 1. The van der Waals surface area contributed by atoms with E-state index in [4.69, 9.17) is 4.74 Å². The van der Waals surface area contributed by atoms with Gasteiger partial charge < -0.3 is 15.2 Å². The summed E-state index contributed by atoms with van der Waals surface area (Å²) >= 11 is 0. The Bertz CT molecular complexity index is 459. The first-order valence-electron chi connectivity index (χ1n) is 7.42. The quantitative estimate of drug-likeness (QED) is 0.862. The summed E-state index contributed by atoms with van der Waals surface area (Å²) in [6.45, 7) is 6.32. The number of nitrogens with one attached hydrogen (secondary N) is 1. The predicted molar refractivity (Wildman–Crippen MR) is 82.4 cm³/mol. The van der Waals surface area contributed by atoms with Gasteiger partial charge in [0.05, 0.1) is 32.4 Å². The molecule has 1 saturated heterocycles. The molecule has 1 amide bonds. The summed E-state index contributed by atoms with van der Waals surface area (Å²) in [6.07, 6.45) is 0. The Labute approximate surface area is 125 Å². The van der Waals surface area contributed by atoms with Gasteiger partial charge in [0.2, 0.25) is 5.91 Å². The van der Waals surface area contributed by atoms with Crippen molar-refractivity contribution in [3.05, 3.63) is 29.8 Å². The number of aliphatic hydroxyl groups is 1. The number of carbonyl (C=O) groups is 1. The Hall–Kier alpha value is -1.43. The zero-order chi connectivity index (χ0) is 15.2. The Morgan fingerprint density at radius 3 is 2.76 bits per heavy atom. The van der Waals surface area contributed by atoms with E-state index in [2.05, 4.69) is 19.2 Å². The van der Waals surface area contributed by atoms with Crippen molar-refractivity contribution in [3.63, 3.8) is 0 Å². The van der Waals surface area contributed by atoms with E-state index in [1.807, 2.05) is 29.2 Å². The molecule has 0 aromatic heterocycles. The number of nitrogens with zero attached hydrogens (tertiary/aromatic N) is 1. The lowest BCUT2D eigenvalue weighted by atomic mass is 10.0. The van der Waals surface area contributed by atoms with Gasteiger partial charge in [-0.1, -0.05) is 26.0 Å². The molecule has 2 N–H and O–H groups in total. The van der Waals surface area contributed by atoms with Crippen LogP contribution < -0.4 is 5.32 Å². The first-order chi connectivity index (χ1) is 10.1. The fourth-order valence-electron chi connectivity index (χ4n) is 2.40. The van der Waals surface area contributed by atoms with Crippen molar-refractivity contribution in [2.75, 3.05) is 38.2 Å². The van der Waals surface area contributed by atoms with Crippen LogP contribution in [0.1, 0.15) is 25.3 Å². The number of anilines is 1. The molecule has 116 valence electrons. The van der Waals surface area contributed by atoms with Gasteiger partial charge in [-0.3, -0.25) is 9.69 Å². The normalized spacial score (nSPS) is 19.7. The molecule has 1 aromatic carbocycles. The first kappa shape index (κ1) is 15.9. The van der Waals surface area contributed by atoms with Crippen molar-refractivity contribution in [3.8, 4) is 0 Å². The lowest BCUT2D eigenvalue weighted by molar-refractivity contribution is -0.120. The van der Waals surface area contributed by atoms with Gasteiger partial charge in [-0.15, -0.1) is 0 Å². The molecule has 0 saturated carbocycles. The molecule has 0 bridgehead atoms. The first-order valence-corrected chi connectivity index (χ1v) is 7.42. The van der Waals surface area contributed by atoms with Crippen LogP contribution in [-0.2, 0) is 9.53 Å². The van der Waals surface area contributed by atoms with Crippen LogP contribution in [0.25, 0.3) is 0 Å². The number of amides is 1. The third-order valence-electron chi connectivity index (χ3n) is 3.77. The van der Waals surface area contributed by atoms with E-state index in [1.165, 1.54) is 5.56 Å². The molecule has 5 heteroatoms. The van der Waals surface area contributed by atoms with Crippen molar-refractivity contribution >= 4 is 11.6 Å². The van der Waals surface area contributed by atoms with Gasteiger partial charge in [0.25, 0.3) is 0 Å². The highest BCUT2D eigenvalue weighted by Gasteiger charge is 2.24. The zero-order valence-electron chi connectivity index (χ0n) is 12.7. The molecule has 21 heavy (non-hydrogen) atoms. The topological polar surface area (TPSA) is 61.8 Å². The van der Waals surface area contributed by atoms with Gasteiger partial charge in [-0.2, -0.15) is 0 Å². The molecule has 2 rings (SSSR count). The molecular formula is C16H24N2O3. The van der Waals surface area contributed by atoms with Crippen molar-refractivity contribution in [2.24, 2.45) is 0 Å². The van der Waals surface area contributed by atoms with Crippen LogP contribution in [0.2, 0.25) is 0 Å². The van der Waals surface area contributed by atoms with E-state index in [0.717, 1.165) is 5.69 Å². The molecular weight excluding hydrogens is 268 g/mol. The van der Waals surface area contributed by atoms with Crippen LogP contribution in [0.4, 0.5) is 5.69 Å². The van der Waals surface area contributed by atoms with E-state index in [-0.39, 0.29) is 25.1 Å². The van der Waals surface area contributed by atoms with Crippen molar-refractivity contribution in [2.45, 2.75) is 25.8 Å². The maximum atomic E-state index is 12.1. The molecule has 5 nitrogen and oxygen atoms in total. The summed E-state index contributed by atoms with van der Waals surface area (Å²) in [5.41, 5.74) is 2.06. The molecule has 1 aliphatic heterocycles. The number of rotatable bonds is 5. The van der Waals surface area contributed by atoms with Gasteiger partial charge >= 0.3 is 0 Å². The SMILES string of the molecule is CC(C)c1ccc(NC(=O)CN2CCOCC2CO)cc1. The van der Waals surface area contributed by atoms with Crippen LogP contribution in [0.15, 0.2) is 24.3 Å². The molecule has 0 spiro atoms. The fraction of sp³-hybridized carbons (Fsp3) is 0.562. The number of hydrogen-bond acceptors (Lipinski definition) is 4. The van der Waals surface area contributed by atoms with Gasteiger partial charge in [0.1, 0.15) is 0 Å². The molecule has 1 heterocycles. The maximum Gasteiger partial charge on any atom is 0.238 e. The molecule has 0 radical (unpaired) electrons. The second-order valence-corrected chi connectivity index (χ2v) is 5.71. The number of ether oxygens (including phenoxy) is 1. The van der Waals surface area contributed by atoms with Crippen molar-refractivity contribution in [1.29, 1.82) is 0 Å². The average molecular weight is 292 g/mol. The minimum absolute atomic E-state index is 0.0103. The number of morpholine rings is 1. The Balaban J connectivity index is 1.88. The van der Waals surface area contributed by atoms with Gasteiger partial charge in [0, 0.05) is 12.2 Å². The summed E-state index contributed by atoms with van der Waals surface area (Å²) in [6, 6.07) is 7.83. The second kappa shape index (κ2) is 7.54. The van der Waals surface area contributed by atoms with E-state index in [0.29, 0.717) is 25.7 Å². The van der Waals surface area contributed by atoms with Crippen molar-refractivity contribution in [1.82, 2.24) is 4.90 Å². The summed E-state index contributed by atoms with van der Waals surface area (Å²) in [5, 5.41) is 12.2. The van der Waals surface area contributed by atoms with Gasteiger partial charge in [-0.25, -0.2) is 0 Å². The lowest BCUT2D eigenvalue weighted by Gasteiger charge is -2.33. The molecule has 1 aliphatic rings. The van der Waals surface area contributed by atoms with Gasteiger partial charge in [-0.05, 0) is 23.6 Å². The van der Waals surface area contributed by atoms with Crippen LogP contribution in [-0.4, -0.2) is 54.9 Å². The number of hydrogen-bond donors (Lipinski definition) is 2. The van der Waals surface area contributed by atoms with E-state index in [1.54, 1.807) is 0 Å². The number of benzene rings is 1. The average Bonchev–Trinajstić information content (AvgIpc) is 2.48. The monoisotopic (exact) mass is 292 g/mol. The predicted octanol–water partition coefficient (Wildman–Crippen LogP) is 1.44. The van der Waals surface area contributed by atoms with Crippen LogP contribution in [0.3, 0.4) is 0 Å². The fourth-order valence-corrected chi connectivity index (χ4v) is 2.40. The summed E-state index contributed by atoms with van der Waals surface area (Å²) in [4.78, 5) is 14.0. The van der Waals surface area contributed by atoms with E-state index in [9.17, 15) is 9.90 Å². The van der Waals surface area contributed by atoms with Crippen LogP contribution >= 0.6 is 0 Å². The van der Waals surface area contributed by atoms with E-state index < -0.39 is 0 Å². The molecule has 0 aliphatic carbocycles. The largest absolute Gasteiger partial charge is 0.395 e. The second-order valence-electron chi connectivity index (χ2n) is 5.71. The third-order valence-corrected chi connectivity index (χ3v) is 3.77. The standard InChI is InChI=1S/C16H24N2O3/c1-12(2)13-3-5-14(6-4-13)17-16(20)9-18-7-8-21-11-15(18)10-19/h3-6,12,15,19H,7-11H2,1-2H3,(H,17,20). The number of carbonyl (C=O) groups excluding carboxylic acids is 1.